The maximum Gasteiger partial charge on any atom is 0.330 e. The van der Waals surface area contributed by atoms with E-state index in [2.05, 4.69) is 10.6 Å². The first-order valence-corrected chi connectivity index (χ1v) is 12.8. The van der Waals surface area contributed by atoms with Crippen LogP contribution in [0.2, 0.25) is 0 Å². The van der Waals surface area contributed by atoms with Gasteiger partial charge in [0, 0.05) is 12.3 Å². The predicted molar refractivity (Wildman–Crippen MR) is 147 cm³/mol. The molecule has 0 spiro atoms. The molecule has 0 aliphatic carbocycles. The zero-order valence-corrected chi connectivity index (χ0v) is 22.0. The van der Waals surface area contributed by atoms with Crippen LogP contribution < -0.4 is 27.6 Å². The van der Waals surface area contributed by atoms with Crippen LogP contribution in [0.3, 0.4) is 0 Å². The Morgan fingerprint density at radius 3 is 2.26 bits per heavy atom. The fourth-order valence-electron chi connectivity index (χ4n) is 4.38. The number of nitrogens with zero attached hydrogens (tertiary/aromatic N) is 1. The van der Waals surface area contributed by atoms with Crippen molar-refractivity contribution < 1.29 is 34.4 Å². The molecule has 1 fully saturated rings. The van der Waals surface area contributed by atoms with Gasteiger partial charge in [0.05, 0.1) is 6.04 Å². The number of carboxylic acid groups (broad SMARTS) is 1. The monoisotopic (exact) mass is 579 g/mol. The van der Waals surface area contributed by atoms with Gasteiger partial charge in [-0.25, -0.2) is 9.59 Å². The van der Waals surface area contributed by atoms with Gasteiger partial charge in [0.1, 0.15) is 24.0 Å². The van der Waals surface area contributed by atoms with Crippen LogP contribution in [0.4, 0.5) is 0 Å². The van der Waals surface area contributed by atoms with Gasteiger partial charge in [-0.15, -0.1) is 0 Å². The van der Waals surface area contributed by atoms with Crippen molar-refractivity contribution in [2.24, 2.45) is 5.73 Å². The Morgan fingerprint density at radius 2 is 1.64 bits per heavy atom. The molecule has 220 valence electrons. The van der Waals surface area contributed by atoms with E-state index in [1.54, 1.807) is 54.6 Å². The maximum absolute atomic E-state index is 13.4. The minimum atomic E-state index is -1.94. The Balaban J connectivity index is 1.56. The quantitative estimate of drug-likeness (QED) is 0.137. The Bertz CT molecular complexity index is 1570. The van der Waals surface area contributed by atoms with Crippen molar-refractivity contribution in [3.63, 3.8) is 0 Å². The molecule has 0 radical (unpaired) electrons. The molecule has 0 saturated carbocycles. The molecule has 1 aliphatic heterocycles. The molecule has 2 aromatic carbocycles. The lowest BCUT2D eigenvalue weighted by atomic mass is 10.0. The van der Waals surface area contributed by atoms with Crippen molar-refractivity contribution in [2.45, 2.75) is 43.0 Å². The normalized spacial score (nSPS) is 21.7. The number of benzene rings is 2. The summed E-state index contributed by atoms with van der Waals surface area (Å²) in [6.45, 7) is 0. The van der Waals surface area contributed by atoms with E-state index < -0.39 is 65.7 Å². The third kappa shape index (κ3) is 7.05. The minimum Gasteiger partial charge on any atom is -0.480 e. The molecule has 14 heteroatoms. The number of carbonyl (C=O) groups excluding carboxylic acids is 2. The van der Waals surface area contributed by atoms with E-state index >= 15 is 0 Å². The van der Waals surface area contributed by atoms with Crippen molar-refractivity contribution in [1.82, 2.24) is 20.2 Å². The SMILES string of the molecule is NC(Cc1ccccc1)C(=O)N/C(=C/c1ccccc1)C(=O)NC(C(=O)O)[C@H]1O[C@@H](n2ccc(=O)[nH]c2=O)[C@H](O)[C@@H]1O. The summed E-state index contributed by atoms with van der Waals surface area (Å²) in [7, 11) is 0. The van der Waals surface area contributed by atoms with Crippen LogP contribution in [-0.4, -0.2) is 73.0 Å². The molecular formula is C28H29N5O9. The van der Waals surface area contributed by atoms with Gasteiger partial charge in [-0.2, -0.15) is 0 Å². The smallest absolute Gasteiger partial charge is 0.330 e. The number of aliphatic hydroxyl groups excluding tert-OH is 2. The number of aliphatic hydroxyl groups is 2. The summed E-state index contributed by atoms with van der Waals surface area (Å²) in [5.41, 5.74) is 5.31. The lowest BCUT2D eigenvalue weighted by molar-refractivity contribution is -0.148. The number of carboxylic acids is 1. The summed E-state index contributed by atoms with van der Waals surface area (Å²) in [5, 5.41) is 35.7. The van der Waals surface area contributed by atoms with Crippen LogP contribution in [0, 0.1) is 0 Å². The number of carbonyl (C=O) groups is 3. The standard InChI is InChI=1S/C28H29N5O9/c29-17(13-15-7-3-1-4-8-15)24(37)30-18(14-16-9-5-2-6-10-16)25(38)32-20(27(39)40)23-21(35)22(36)26(42-23)33-12-11-19(34)31-28(33)41/h1-12,14,17,20-23,26,35-36H,13,29H2,(H,30,37)(H,32,38)(H,39,40)(H,31,34,41)/b18-14+/t17?,20?,21-,22+,23+,26+/m0/s1. The molecule has 2 unspecified atom stereocenters. The number of nitrogens with one attached hydrogen (secondary N) is 3. The largest absolute Gasteiger partial charge is 0.480 e. The Hall–Kier alpha value is -4.89. The van der Waals surface area contributed by atoms with E-state index in [9.17, 15) is 39.3 Å². The molecule has 1 aromatic heterocycles. The van der Waals surface area contributed by atoms with Crippen molar-refractivity contribution in [2.75, 3.05) is 0 Å². The van der Waals surface area contributed by atoms with Crippen molar-refractivity contribution >= 4 is 23.9 Å². The van der Waals surface area contributed by atoms with E-state index in [0.717, 1.165) is 22.4 Å². The third-order valence-corrected chi connectivity index (χ3v) is 6.53. The van der Waals surface area contributed by atoms with Gasteiger partial charge in [-0.05, 0) is 23.6 Å². The summed E-state index contributed by atoms with van der Waals surface area (Å²) in [6.07, 6.45) is -4.51. The van der Waals surface area contributed by atoms with Crippen molar-refractivity contribution in [3.8, 4) is 0 Å². The highest BCUT2D eigenvalue weighted by Gasteiger charge is 2.50. The van der Waals surface area contributed by atoms with E-state index in [1.165, 1.54) is 6.08 Å². The minimum absolute atomic E-state index is 0.163. The van der Waals surface area contributed by atoms with Gasteiger partial charge in [0.25, 0.3) is 11.5 Å². The number of rotatable bonds is 10. The van der Waals surface area contributed by atoms with E-state index in [-0.39, 0.29) is 12.1 Å². The highest BCUT2D eigenvalue weighted by atomic mass is 16.6. The maximum atomic E-state index is 13.4. The second-order valence-electron chi connectivity index (χ2n) is 9.53. The highest BCUT2D eigenvalue weighted by molar-refractivity contribution is 6.03. The predicted octanol–water partition coefficient (Wildman–Crippen LogP) is -1.55. The lowest BCUT2D eigenvalue weighted by Crippen LogP contribution is -2.54. The first-order chi connectivity index (χ1) is 20.0. The zero-order chi connectivity index (χ0) is 30.4. The number of aliphatic carboxylic acids is 1. The molecular weight excluding hydrogens is 550 g/mol. The first kappa shape index (κ1) is 30.1. The molecule has 1 aliphatic rings. The average molecular weight is 580 g/mol. The van der Waals surface area contributed by atoms with Gasteiger partial charge in [-0.3, -0.25) is 23.9 Å². The Kier molecular flexibility index (Phi) is 9.44. The molecule has 0 bridgehead atoms. The van der Waals surface area contributed by atoms with Crippen molar-refractivity contribution in [3.05, 3.63) is 111 Å². The fraction of sp³-hybridized carbons (Fsp3) is 0.250. The summed E-state index contributed by atoms with van der Waals surface area (Å²) < 4.78 is 6.29. The van der Waals surface area contributed by atoms with Gasteiger partial charge < -0.3 is 36.4 Å². The molecule has 14 nitrogen and oxygen atoms in total. The average Bonchev–Trinajstić information content (AvgIpc) is 3.25. The number of hydrogen-bond acceptors (Lipinski definition) is 9. The molecule has 2 amide bonds. The second kappa shape index (κ2) is 13.2. The lowest BCUT2D eigenvalue weighted by Gasteiger charge is -2.24. The molecule has 1 saturated heterocycles. The number of hydrogen-bond donors (Lipinski definition) is 7. The topological polar surface area (TPSA) is 226 Å². The van der Waals surface area contributed by atoms with E-state index in [1.807, 2.05) is 11.1 Å². The molecule has 3 aromatic rings. The van der Waals surface area contributed by atoms with Gasteiger partial charge in [0.2, 0.25) is 5.91 Å². The van der Waals surface area contributed by atoms with Crippen molar-refractivity contribution in [1.29, 1.82) is 0 Å². The molecule has 2 heterocycles. The number of H-pyrrole nitrogens is 1. The number of ether oxygens (including phenoxy) is 1. The van der Waals surface area contributed by atoms with Gasteiger partial charge in [0.15, 0.2) is 12.3 Å². The molecule has 42 heavy (non-hydrogen) atoms. The summed E-state index contributed by atoms with van der Waals surface area (Å²) in [6, 6.07) is 15.3. The van der Waals surface area contributed by atoms with E-state index in [0.29, 0.717) is 5.56 Å². The molecule has 8 N–H and O–H groups in total. The van der Waals surface area contributed by atoms with Crippen LogP contribution >= 0.6 is 0 Å². The molecule has 6 atom stereocenters. The Labute approximate surface area is 238 Å². The van der Waals surface area contributed by atoms with Crippen LogP contribution in [-0.2, 0) is 25.5 Å². The number of aromatic nitrogens is 2. The number of amides is 2. The van der Waals surface area contributed by atoms with Gasteiger partial charge in [-0.1, -0.05) is 60.7 Å². The number of aromatic amines is 1. The zero-order valence-electron chi connectivity index (χ0n) is 22.0. The first-order valence-electron chi connectivity index (χ1n) is 12.8. The van der Waals surface area contributed by atoms with Gasteiger partial charge >= 0.3 is 11.7 Å². The third-order valence-electron chi connectivity index (χ3n) is 6.53. The fourth-order valence-corrected chi connectivity index (χ4v) is 4.38. The Morgan fingerprint density at radius 1 is 1.00 bits per heavy atom. The number of nitrogens with two attached hydrogens (primary N) is 1. The van der Waals surface area contributed by atoms with E-state index in [4.69, 9.17) is 10.5 Å². The van der Waals surface area contributed by atoms with Crippen LogP contribution in [0.1, 0.15) is 17.4 Å². The van der Waals surface area contributed by atoms with Crippen LogP contribution in [0.15, 0.2) is 88.2 Å². The van der Waals surface area contributed by atoms with Crippen LogP contribution in [0.25, 0.3) is 6.08 Å². The highest BCUT2D eigenvalue weighted by Crippen LogP contribution is 2.30. The summed E-state index contributed by atoms with van der Waals surface area (Å²) in [5.74, 6) is -3.41. The summed E-state index contributed by atoms with van der Waals surface area (Å²) >= 11 is 0. The van der Waals surface area contributed by atoms with Crippen LogP contribution in [0.5, 0.6) is 0 Å². The second-order valence-corrected chi connectivity index (χ2v) is 9.53. The summed E-state index contributed by atoms with van der Waals surface area (Å²) in [4.78, 5) is 64.1. The molecule has 4 rings (SSSR count).